The van der Waals surface area contributed by atoms with Crippen molar-refractivity contribution >= 4 is 17.6 Å². The molecule has 3 amide bonds. The van der Waals surface area contributed by atoms with E-state index in [1.807, 2.05) is 51.1 Å². The molecule has 0 aliphatic rings. The van der Waals surface area contributed by atoms with Crippen LogP contribution in [0.25, 0.3) is 0 Å². The normalized spacial score (nSPS) is 10.0. The quantitative estimate of drug-likeness (QED) is 0.884. The van der Waals surface area contributed by atoms with E-state index in [9.17, 15) is 9.59 Å². The Labute approximate surface area is 124 Å². The van der Waals surface area contributed by atoms with Crippen LogP contribution in [-0.4, -0.2) is 11.9 Å². The Balaban J connectivity index is 2.06. The molecule has 2 aromatic carbocycles. The Bertz CT molecular complexity index is 655. The van der Waals surface area contributed by atoms with E-state index in [2.05, 4.69) is 10.6 Å². The van der Waals surface area contributed by atoms with Crippen LogP contribution >= 0.6 is 0 Å². The van der Waals surface area contributed by atoms with Crippen molar-refractivity contribution in [3.8, 4) is 0 Å². The topological polar surface area (TPSA) is 58.2 Å². The number of hydrogen-bond acceptors (Lipinski definition) is 2. The molecule has 0 atom stereocenters. The van der Waals surface area contributed by atoms with Crippen molar-refractivity contribution in [3.63, 3.8) is 0 Å². The first-order valence-electron chi connectivity index (χ1n) is 6.72. The highest BCUT2D eigenvalue weighted by Gasteiger charge is 2.14. The van der Waals surface area contributed by atoms with Gasteiger partial charge in [0.05, 0.1) is 0 Å². The SMILES string of the molecule is Cc1ccc(NC(=O)NC(=O)c2c(C)cccc2C)cc1. The van der Waals surface area contributed by atoms with Gasteiger partial charge >= 0.3 is 6.03 Å². The maximum atomic E-state index is 12.2. The monoisotopic (exact) mass is 282 g/mol. The molecule has 2 aromatic rings. The van der Waals surface area contributed by atoms with Crippen LogP contribution in [0.15, 0.2) is 42.5 Å². The number of aryl methyl sites for hydroxylation is 3. The van der Waals surface area contributed by atoms with Gasteiger partial charge in [-0.2, -0.15) is 0 Å². The Kier molecular flexibility index (Phi) is 4.38. The van der Waals surface area contributed by atoms with Crippen molar-refractivity contribution < 1.29 is 9.59 Å². The first-order chi connectivity index (χ1) is 9.97. The number of carbonyl (C=O) groups excluding carboxylic acids is 2. The zero-order valence-corrected chi connectivity index (χ0v) is 12.4. The summed E-state index contributed by atoms with van der Waals surface area (Å²) in [5.74, 6) is -0.393. The number of nitrogens with one attached hydrogen (secondary N) is 2. The number of amides is 3. The summed E-state index contributed by atoms with van der Waals surface area (Å²) in [6.45, 7) is 5.66. The zero-order valence-electron chi connectivity index (χ0n) is 12.4. The third-order valence-electron chi connectivity index (χ3n) is 3.24. The van der Waals surface area contributed by atoms with E-state index < -0.39 is 11.9 Å². The average Bonchev–Trinajstić information content (AvgIpc) is 2.41. The summed E-state index contributed by atoms with van der Waals surface area (Å²) in [4.78, 5) is 24.0. The fraction of sp³-hybridized carbons (Fsp3) is 0.176. The van der Waals surface area contributed by atoms with Crippen LogP contribution < -0.4 is 10.6 Å². The van der Waals surface area contributed by atoms with Gasteiger partial charge in [0.1, 0.15) is 0 Å². The maximum Gasteiger partial charge on any atom is 0.326 e. The third kappa shape index (κ3) is 3.69. The summed E-state index contributed by atoms with van der Waals surface area (Å²) < 4.78 is 0. The lowest BCUT2D eigenvalue weighted by molar-refractivity contribution is 0.0966. The van der Waals surface area contributed by atoms with Crippen molar-refractivity contribution in [1.29, 1.82) is 0 Å². The number of carbonyl (C=O) groups is 2. The van der Waals surface area contributed by atoms with E-state index in [1.165, 1.54) is 0 Å². The highest BCUT2D eigenvalue weighted by molar-refractivity contribution is 6.09. The summed E-state index contributed by atoms with van der Waals surface area (Å²) in [7, 11) is 0. The number of imide groups is 1. The zero-order chi connectivity index (χ0) is 15.4. The van der Waals surface area contributed by atoms with Crippen LogP contribution in [0, 0.1) is 20.8 Å². The van der Waals surface area contributed by atoms with Gasteiger partial charge in [0.15, 0.2) is 0 Å². The second-order valence-electron chi connectivity index (χ2n) is 5.04. The molecule has 0 spiro atoms. The molecule has 0 unspecified atom stereocenters. The van der Waals surface area contributed by atoms with E-state index >= 15 is 0 Å². The molecule has 2 rings (SSSR count). The average molecular weight is 282 g/mol. The largest absolute Gasteiger partial charge is 0.326 e. The van der Waals surface area contributed by atoms with Crippen molar-refractivity contribution in [2.24, 2.45) is 0 Å². The molecular formula is C17H18N2O2. The molecule has 0 bridgehead atoms. The molecule has 0 radical (unpaired) electrons. The minimum absolute atomic E-state index is 0.393. The third-order valence-corrected chi connectivity index (χ3v) is 3.24. The second-order valence-corrected chi connectivity index (χ2v) is 5.04. The Morgan fingerprint density at radius 2 is 1.43 bits per heavy atom. The fourth-order valence-electron chi connectivity index (χ4n) is 2.14. The summed E-state index contributed by atoms with van der Waals surface area (Å²) in [5.41, 5.74) is 3.97. The molecule has 0 heterocycles. The molecule has 21 heavy (non-hydrogen) atoms. The number of hydrogen-bond donors (Lipinski definition) is 2. The molecule has 4 nitrogen and oxygen atoms in total. The fourth-order valence-corrected chi connectivity index (χ4v) is 2.14. The summed E-state index contributed by atoms with van der Waals surface area (Å²) in [6, 6.07) is 12.4. The van der Waals surface area contributed by atoms with Gasteiger partial charge in [-0.15, -0.1) is 0 Å². The highest BCUT2D eigenvalue weighted by atomic mass is 16.2. The molecule has 0 saturated heterocycles. The maximum absolute atomic E-state index is 12.2. The smallest absolute Gasteiger partial charge is 0.308 e. The van der Waals surface area contributed by atoms with Gasteiger partial charge in [-0.25, -0.2) is 4.79 Å². The standard InChI is InChI=1S/C17H18N2O2/c1-11-7-9-14(10-8-11)18-17(21)19-16(20)15-12(2)5-4-6-13(15)3/h4-10H,1-3H3,(H2,18,19,20,21). The lowest BCUT2D eigenvalue weighted by Gasteiger charge is -2.10. The van der Waals surface area contributed by atoms with Crippen LogP contribution in [0.2, 0.25) is 0 Å². The van der Waals surface area contributed by atoms with Crippen molar-refractivity contribution in [3.05, 3.63) is 64.7 Å². The molecule has 0 aromatic heterocycles. The van der Waals surface area contributed by atoms with E-state index in [4.69, 9.17) is 0 Å². The Hall–Kier alpha value is -2.62. The van der Waals surface area contributed by atoms with Gasteiger partial charge in [-0.3, -0.25) is 10.1 Å². The molecule has 4 heteroatoms. The van der Waals surface area contributed by atoms with Crippen LogP contribution in [-0.2, 0) is 0 Å². The second kappa shape index (κ2) is 6.22. The summed E-state index contributed by atoms with van der Waals surface area (Å²) in [6.07, 6.45) is 0. The van der Waals surface area contributed by atoms with Crippen LogP contribution in [0.4, 0.5) is 10.5 Å². The van der Waals surface area contributed by atoms with E-state index in [0.717, 1.165) is 16.7 Å². The highest BCUT2D eigenvalue weighted by Crippen LogP contribution is 2.13. The van der Waals surface area contributed by atoms with Gasteiger partial charge in [0, 0.05) is 11.3 Å². The van der Waals surface area contributed by atoms with E-state index in [0.29, 0.717) is 11.3 Å². The minimum atomic E-state index is -0.536. The summed E-state index contributed by atoms with van der Waals surface area (Å²) in [5, 5.41) is 4.99. The van der Waals surface area contributed by atoms with Crippen LogP contribution in [0.1, 0.15) is 27.0 Å². The van der Waals surface area contributed by atoms with Gasteiger partial charge in [-0.05, 0) is 44.0 Å². The van der Waals surface area contributed by atoms with Crippen molar-refractivity contribution in [1.82, 2.24) is 5.32 Å². The first-order valence-corrected chi connectivity index (χ1v) is 6.72. The molecule has 2 N–H and O–H groups in total. The molecule has 0 aliphatic heterocycles. The number of urea groups is 1. The minimum Gasteiger partial charge on any atom is -0.308 e. The summed E-state index contributed by atoms with van der Waals surface area (Å²) >= 11 is 0. The predicted molar refractivity (Wildman–Crippen MR) is 83.6 cm³/mol. The van der Waals surface area contributed by atoms with Gasteiger partial charge < -0.3 is 5.32 Å². The van der Waals surface area contributed by atoms with Crippen LogP contribution in [0.3, 0.4) is 0 Å². The molecule has 0 saturated carbocycles. The Morgan fingerprint density at radius 1 is 0.857 bits per heavy atom. The lowest BCUT2D eigenvalue weighted by atomic mass is 10.0. The van der Waals surface area contributed by atoms with Crippen molar-refractivity contribution in [2.75, 3.05) is 5.32 Å². The van der Waals surface area contributed by atoms with E-state index in [1.54, 1.807) is 12.1 Å². The number of anilines is 1. The Morgan fingerprint density at radius 3 is 2.00 bits per heavy atom. The molecule has 0 aliphatic carbocycles. The van der Waals surface area contributed by atoms with Gasteiger partial charge in [0.2, 0.25) is 0 Å². The molecular weight excluding hydrogens is 264 g/mol. The number of rotatable bonds is 2. The predicted octanol–water partition coefficient (Wildman–Crippen LogP) is 3.57. The van der Waals surface area contributed by atoms with Gasteiger partial charge in [-0.1, -0.05) is 35.9 Å². The van der Waals surface area contributed by atoms with Crippen LogP contribution in [0.5, 0.6) is 0 Å². The molecule has 108 valence electrons. The number of benzene rings is 2. The van der Waals surface area contributed by atoms with Crippen molar-refractivity contribution in [2.45, 2.75) is 20.8 Å². The molecule has 0 fully saturated rings. The van der Waals surface area contributed by atoms with E-state index in [-0.39, 0.29) is 0 Å². The lowest BCUT2D eigenvalue weighted by Crippen LogP contribution is -2.35. The first kappa shape index (κ1) is 14.8. The van der Waals surface area contributed by atoms with Gasteiger partial charge in [0.25, 0.3) is 5.91 Å².